The summed E-state index contributed by atoms with van der Waals surface area (Å²) in [6.07, 6.45) is 3.10. The predicted octanol–water partition coefficient (Wildman–Crippen LogP) is 3.93. The molecule has 4 heteroatoms. The maximum Gasteiger partial charge on any atom is 0.256 e. The van der Waals surface area contributed by atoms with Gasteiger partial charge in [0, 0.05) is 12.3 Å². The maximum absolute atomic E-state index is 12.6. The molecular formula is C18H27NO3. The number of carbonyl (C=O) groups is 1. The number of nitrogens with one attached hydrogen (secondary N) is 1. The second-order valence-electron chi connectivity index (χ2n) is 6.10. The van der Waals surface area contributed by atoms with Gasteiger partial charge < -0.3 is 14.8 Å². The molecule has 0 aromatic heterocycles. The molecule has 2 rings (SSSR count). The summed E-state index contributed by atoms with van der Waals surface area (Å²) in [4.78, 5) is 12.6. The molecule has 1 aliphatic carbocycles. The zero-order valence-corrected chi connectivity index (χ0v) is 14.1. The number of aryl methyl sites for hydroxylation is 1. The Morgan fingerprint density at radius 2 is 2.09 bits per heavy atom. The SMILES string of the molecule is CCCOc1ccc(NC(=O)C(C)(OCC)C2CC2)cc1C. The van der Waals surface area contributed by atoms with Gasteiger partial charge in [0.25, 0.3) is 5.91 Å². The molecule has 1 saturated carbocycles. The van der Waals surface area contributed by atoms with Gasteiger partial charge in [-0.15, -0.1) is 0 Å². The minimum Gasteiger partial charge on any atom is -0.493 e. The van der Waals surface area contributed by atoms with Crippen LogP contribution >= 0.6 is 0 Å². The van der Waals surface area contributed by atoms with Crippen LogP contribution in [0, 0.1) is 12.8 Å². The first-order valence-electron chi connectivity index (χ1n) is 8.20. The lowest BCUT2D eigenvalue weighted by Gasteiger charge is -2.28. The van der Waals surface area contributed by atoms with Gasteiger partial charge in [-0.25, -0.2) is 0 Å². The van der Waals surface area contributed by atoms with Gasteiger partial charge in [0.05, 0.1) is 6.61 Å². The maximum atomic E-state index is 12.6. The van der Waals surface area contributed by atoms with E-state index < -0.39 is 5.60 Å². The van der Waals surface area contributed by atoms with E-state index in [-0.39, 0.29) is 5.91 Å². The first kappa shape index (κ1) is 16.8. The van der Waals surface area contributed by atoms with E-state index in [1.54, 1.807) is 0 Å². The molecule has 0 spiro atoms. The van der Waals surface area contributed by atoms with Crippen LogP contribution in [0.2, 0.25) is 0 Å². The van der Waals surface area contributed by atoms with Crippen LogP contribution in [0.15, 0.2) is 18.2 Å². The number of hydrogen-bond donors (Lipinski definition) is 1. The van der Waals surface area contributed by atoms with Crippen LogP contribution in [-0.4, -0.2) is 24.7 Å². The fraction of sp³-hybridized carbons (Fsp3) is 0.611. The molecule has 0 saturated heterocycles. The molecule has 0 aliphatic heterocycles. The average molecular weight is 305 g/mol. The number of benzene rings is 1. The molecule has 1 unspecified atom stereocenters. The van der Waals surface area contributed by atoms with Crippen molar-refractivity contribution in [3.63, 3.8) is 0 Å². The molecule has 0 radical (unpaired) electrons. The zero-order valence-electron chi connectivity index (χ0n) is 14.1. The van der Waals surface area contributed by atoms with Crippen molar-refractivity contribution in [3.8, 4) is 5.75 Å². The molecule has 1 atom stereocenters. The minimum absolute atomic E-state index is 0.0570. The van der Waals surface area contributed by atoms with Crippen LogP contribution < -0.4 is 10.1 Å². The average Bonchev–Trinajstić information content (AvgIpc) is 3.31. The highest BCUT2D eigenvalue weighted by Crippen LogP contribution is 2.42. The zero-order chi connectivity index (χ0) is 16.2. The third-order valence-electron chi connectivity index (χ3n) is 4.15. The Kier molecular flexibility index (Phi) is 5.46. The Labute approximate surface area is 133 Å². The molecule has 1 amide bonds. The van der Waals surface area contributed by atoms with Gasteiger partial charge in [-0.2, -0.15) is 0 Å². The van der Waals surface area contributed by atoms with E-state index in [0.717, 1.165) is 36.3 Å². The van der Waals surface area contributed by atoms with E-state index in [0.29, 0.717) is 19.1 Å². The summed E-state index contributed by atoms with van der Waals surface area (Å²) in [6.45, 7) is 9.15. The van der Waals surface area contributed by atoms with Crippen molar-refractivity contribution in [1.29, 1.82) is 0 Å². The van der Waals surface area contributed by atoms with Crippen LogP contribution in [0.1, 0.15) is 45.6 Å². The number of amides is 1. The van der Waals surface area contributed by atoms with Gasteiger partial charge in [-0.1, -0.05) is 6.92 Å². The predicted molar refractivity (Wildman–Crippen MR) is 88.3 cm³/mol. The van der Waals surface area contributed by atoms with Crippen LogP contribution in [0.5, 0.6) is 5.75 Å². The van der Waals surface area contributed by atoms with Crippen LogP contribution in [0.3, 0.4) is 0 Å². The van der Waals surface area contributed by atoms with Crippen molar-refractivity contribution in [3.05, 3.63) is 23.8 Å². The van der Waals surface area contributed by atoms with E-state index in [1.807, 2.05) is 39.0 Å². The number of anilines is 1. The number of hydrogen-bond acceptors (Lipinski definition) is 3. The lowest BCUT2D eigenvalue weighted by atomic mass is 9.98. The summed E-state index contributed by atoms with van der Waals surface area (Å²) in [5.41, 5.74) is 1.09. The Hall–Kier alpha value is -1.55. The van der Waals surface area contributed by atoms with Crippen LogP contribution in [-0.2, 0) is 9.53 Å². The largest absolute Gasteiger partial charge is 0.493 e. The molecule has 1 aliphatic rings. The topological polar surface area (TPSA) is 47.6 Å². The summed E-state index contributed by atoms with van der Waals surface area (Å²) in [6, 6.07) is 5.74. The van der Waals surface area contributed by atoms with Gasteiger partial charge in [-0.3, -0.25) is 4.79 Å². The second kappa shape index (κ2) is 7.14. The Morgan fingerprint density at radius 1 is 1.36 bits per heavy atom. The second-order valence-corrected chi connectivity index (χ2v) is 6.10. The van der Waals surface area contributed by atoms with Gasteiger partial charge in [0.15, 0.2) is 0 Å². The summed E-state index contributed by atoms with van der Waals surface area (Å²) < 4.78 is 11.4. The highest BCUT2D eigenvalue weighted by molar-refractivity contribution is 5.97. The van der Waals surface area contributed by atoms with E-state index in [9.17, 15) is 4.79 Å². The van der Waals surface area contributed by atoms with Gasteiger partial charge in [0.2, 0.25) is 0 Å². The monoisotopic (exact) mass is 305 g/mol. The van der Waals surface area contributed by atoms with Gasteiger partial charge in [0.1, 0.15) is 11.4 Å². The molecule has 1 aromatic rings. The van der Waals surface area contributed by atoms with E-state index in [1.165, 1.54) is 0 Å². The van der Waals surface area contributed by atoms with E-state index >= 15 is 0 Å². The number of ether oxygens (including phenoxy) is 2. The van der Waals surface area contributed by atoms with Gasteiger partial charge >= 0.3 is 0 Å². The lowest BCUT2D eigenvalue weighted by Crippen LogP contribution is -2.44. The van der Waals surface area contributed by atoms with Crippen molar-refractivity contribution < 1.29 is 14.3 Å². The quantitative estimate of drug-likeness (QED) is 0.791. The van der Waals surface area contributed by atoms with Crippen molar-refractivity contribution in [2.24, 2.45) is 5.92 Å². The highest BCUT2D eigenvalue weighted by Gasteiger charge is 2.48. The van der Waals surface area contributed by atoms with Crippen molar-refractivity contribution in [2.75, 3.05) is 18.5 Å². The fourth-order valence-electron chi connectivity index (χ4n) is 2.66. The molecular weight excluding hydrogens is 278 g/mol. The van der Waals surface area contributed by atoms with Crippen molar-refractivity contribution >= 4 is 11.6 Å². The minimum atomic E-state index is -0.722. The smallest absolute Gasteiger partial charge is 0.256 e. The molecule has 1 aromatic carbocycles. The number of rotatable bonds is 8. The van der Waals surface area contributed by atoms with Crippen molar-refractivity contribution in [2.45, 2.75) is 52.6 Å². The molecule has 0 heterocycles. The van der Waals surface area contributed by atoms with E-state index in [2.05, 4.69) is 12.2 Å². The summed E-state index contributed by atoms with van der Waals surface area (Å²) >= 11 is 0. The lowest BCUT2D eigenvalue weighted by molar-refractivity contribution is -0.141. The summed E-state index contributed by atoms with van der Waals surface area (Å²) in [7, 11) is 0. The molecule has 0 bridgehead atoms. The Morgan fingerprint density at radius 3 is 2.64 bits per heavy atom. The Bertz CT molecular complexity index is 525. The molecule has 1 N–H and O–H groups in total. The summed E-state index contributed by atoms with van der Waals surface area (Å²) in [5, 5.41) is 2.99. The van der Waals surface area contributed by atoms with Gasteiger partial charge in [-0.05, 0) is 69.7 Å². The van der Waals surface area contributed by atoms with Crippen LogP contribution in [0.25, 0.3) is 0 Å². The summed E-state index contributed by atoms with van der Waals surface area (Å²) in [5.74, 6) is 1.15. The normalized spacial score (nSPS) is 16.9. The molecule has 4 nitrogen and oxygen atoms in total. The van der Waals surface area contributed by atoms with Crippen molar-refractivity contribution in [1.82, 2.24) is 0 Å². The molecule has 122 valence electrons. The standard InChI is InChI=1S/C18H27NO3/c1-5-11-21-16-10-9-15(12-13(16)3)19-17(20)18(4,22-6-2)14-7-8-14/h9-10,12,14H,5-8,11H2,1-4H3,(H,19,20). The Balaban J connectivity index is 2.06. The molecule has 22 heavy (non-hydrogen) atoms. The first-order valence-corrected chi connectivity index (χ1v) is 8.20. The van der Waals surface area contributed by atoms with E-state index in [4.69, 9.17) is 9.47 Å². The first-order chi connectivity index (χ1) is 10.5. The molecule has 1 fully saturated rings. The number of carbonyl (C=O) groups excluding carboxylic acids is 1. The highest BCUT2D eigenvalue weighted by atomic mass is 16.5. The van der Waals surface area contributed by atoms with Crippen LogP contribution in [0.4, 0.5) is 5.69 Å². The third kappa shape index (κ3) is 3.80. The third-order valence-corrected chi connectivity index (χ3v) is 4.15. The fourth-order valence-corrected chi connectivity index (χ4v) is 2.66.